The molecule has 0 aromatic carbocycles. The molecular weight excluding hydrogens is 208 g/mol. The van der Waals surface area contributed by atoms with Gasteiger partial charge in [0.2, 0.25) is 0 Å². The third-order valence-corrected chi connectivity index (χ3v) is 5.17. The van der Waals surface area contributed by atoms with E-state index in [1.165, 1.54) is 18.2 Å². The van der Waals surface area contributed by atoms with Gasteiger partial charge < -0.3 is 0 Å². The smallest absolute Gasteiger partial charge is 0.261 e. The number of nitrogens with zero attached hydrogens (tertiary/aromatic N) is 1. The van der Waals surface area contributed by atoms with Crippen molar-refractivity contribution >= 4 is 26.2 Å². The van der Waals surface area contributed by atoms with Crippen molar-refractivity contribution < 1.29 is 8.42 Å². The molecule has 2 N–H and O–H groups in total. The normalized spacial score (nSPS) is 34.1. The number of sulfonamides is 1. The number of fused-ring (bicyclic) bond motifs is 1. The van der Waals surface area contributed by atoms with Crippen LogP contribution in [0, 0.1) is 0 Å². The maximum atomic E-state index is 11.0. The van der Waals surface area contributed by atoms with Crippen LogP contribution in [0.2, 0.25) is 0 Å². The fraction of sp³-hybridized carbons (Fsp3) is 0.857. The molecule has 1 saturated carbocycles. The van der Waals surface area contributed by atoms with Crippen molar-refractivity contribution in [1.29, 1.82) is 0 Å². The lowest BCUT2D eigenvalue weighted by atomic mass is 9.96. The van der Waals surface area contributed by atoms with E-state index in [2.05, 4.69) is 4.99 Å². The molecule has 13 heavy (non-hydrogen) atoms. The van der Waals surface area contributed by atoms with Gasteiger partial charge in [-0.2, -0.15) is 0 Å². The molecule has 1 aliphatic carbocycles. The average Bonchev–Trinajstić information content (AvgIpc) is 2.45. The van der Waals surface area contributed by atoms with Crippen molar-refractivity contribution in [3.05, 3.63) is 0 Å². The molecule has 2 unspecified atom stereocenters. The molecule has 0 aromatic heterocycles. The van der Waals surface area contributed by atoms with Gasteiger partial charge in [-0.05, 0) is 12.8 Å². The van der Waals surface area contributed by atoms with Crippen LogP contribution in [-0.4, -0.2) is 24.1 Å². The molecule has 1 heterocycles. The third kappa shape index (κ3) is 1.89. The second-order valence-corrected chi connectivity index (χ2v) is 6.41. The van der Waals surface area contributed by atoms with Crippen LogP contribution < -0.4 is 5.14 Å². The van der Waals surface area contributed by atoms with E-state index in [0.717, 1.165) is 19.3 Å². The Balaban J connectivity index is 2.19. The van der Waals surface area contributed by atoms with E-state index in [1.54, 1.807) is 0 Å². The number of hydrogen-bond donors (Lipinski definition) is 1. The van der Waals surface area contributed by atoms with Crippen molar-refractivity contribution in [1.82, 2.24) is 0 Å². The summed E-state index contributed by atoms with van der Waals surface area (Å²) in [6.45, 7) is 0. The van der Waals surface area contributed by atoms with Crippen molar-refractivity contribution in [2.45, 2.75) is 37.0 Å². The van der Waals surface area contributed by atoms with Gasteiger partial charge in [0, 0.05) is 5.25 Å². The maximum absolute atomic E-state index is 11.0. The zero-order valence-corrected chi connectivity index (χ0v) is 8.77. The first-order valence-electron chi connectivity index (χ1n) is 4.34. The highest BCUT2D eigenvalue weighted by molar-refractivity contribution is 8.35. The topological polar surface area (TPSA) is 72.5 Å². The van der Waals surface area contributed by atoms with Crippen LogP contribution in [0.3, 0.4) is 0 Å². The molecule has 74 valence electrons. The summed E-state index contributed by atoms with van der Waals surface area (Å²) in [7, 11) is -3.55. The van der Waals surface area contributed by atoms with Crippen LogP contribution >= 0.6 is 11.8 Å². The first kappa shape index (κ1) is 9.48. The van der Waals surface area contributed by atoms with E-state index < -0.39 is 10.0 Å². The highest BCUT2D eigenvalue weighted by Gasteiger charge is 2.35. The Kier molecular flexibility index (Phi) is 2.37. The number of rotatable bonds is 0. The van der Waals surface area contributed by atoms with Crippen LogP contribution in [0.15, 0.2) is 4.99 Å². The minimum atomic E-state index is -3.55. The van der Waals surface area contributed by atoms with Gasteiger partial charge in [-0.25, -0.2) is 13.6 Å². The van der Waals surface area contributed by atoms with E-state index >= 15 is 0 Å². The van der Waals surface area contributed by atoms with E-state index in [4.69, 9.17) is 5.14 Å². The lowest BCUT2D eigenvalue weighted by Gasteiger charge is -2.21. The minimum absolute atomic E-state index is 0.143. The molecule has 0 spiro atoms. The van der Waals surface area contributed by atoms with Crippen LogP contribution in [0.1, 0.15) is 25.7 Å². The monoisotopic (exact) mass is 220 g/mol. The van der Waals surface area contributed by atoms with Crippen molar-refractivity contribution in [2.24, 2.45) is 10.1 Å². The summed E-state index contributed by atoms with van der Waals surface area (Å²) in [6, 6.07) is 0.201. The van der Waals surface area contributed by atoms with Crippen molar-refractivity contribution in [3.8, 4) is 0 Å². The molecule has 0 saturated heterocycles. The molecule has 2 aliphatic rings. The van der Waals surface area contributed by atoms with E-state index in [-0.39, 0.29) is 10.4 Å². The van der Waals surface area contributed by atoms with Gasteiger partial charge in [0.15, 0.2) is 4.38 Å². The van der Waals surface area contributed by atoms with Crippen molar-refractivity contribution in [3.63, 3.8) is 0 Å². The summed E-state index contributed by atoms with van der Waals surface area (Å²) in [5, 5.41) is 5.38. The minimum Gasteiger partial charge on any atom is -0.262 e. The van der Waals surface area contributed by atoms with Crippen LogP contribution in [0.25, 0.3) is 0 Å². The quantitative estimate of drug-likeness (QED) is 0.652. The number of hydrogen-bond acceptors (Lipinski definition) is 4. The third-order valence-electron chi connectivity index (χ3n) is 2.43. The molecule has 1 aliphatic heterocycles. The van der Waals surface area contributed by atoms with E-state index in [9.17, 15) is 8.42 Å². The Labute approximate surface area is 82.0 Å². The predicted molar refractivity (Wildman–Crippen MR) is 54.2 cm³/mol. The molecule has 2 rings (SSSR count). The fourth-order valence-corrected chi connectivity index (χ4v) is 4.08. The Morgan fingerprint density at radius 1 is 1.38 bits per heavy atom. The second kappa shape index (κ2) is 3.25. The van der Waals surface area contributed by atoms with E-state index in [1.807, 2.05) is 0 Å². The molecular formula is C7H12N2O2S2. The standard InChI is InChI=1S/C7H12N2O2S2/c8-13(10,11)7-9-5-3-1-2-4-6(5)12-7/h5-6H,1-4H2,(H2,8,10,11). The van der Waals surface area contributed by atoms with Gasteiger partial charge in [-0.1, -0.05) is 24.6 Å². The molecule has 2 atom stereocenters. The zero-order chi connectivity index (χ0) is 9.47. The summed E-state index contributed by atoms with van der Waals surface area (Å²) in [6.07, 6.45) is 4.42. The number of thioether (sulfide) groups is 1. The largest absolute Gasteiger partial charge is 0.262 e. The summed E-state index contributed by atoms with van der Waals surface area (Å²) >= 11 is 1.34. The highest BCUT2D eigenvalue weighted by Crippen LogP contribution is 2.37. The number of aliphatic imine (C=N–C) groups is 1. The summed E-state index contributed by atoms with van der Waals surface area (Å²) < 4.78 is 22.1. The first-order chi connectivity index (χ1) is 6.07. The van der Waals surface area contributed by atoms with Gasteiger partial charge in [0.25, 0.3) is 10.0 Å². The Morgan fingerprint density at radius 3 is 2.69 bits per heavy atom. The van der Waals surface area contributed by atoms with Crippen molar-refractivity contribution in [2.75, 3.05) is 0 Å². The van der Waals surface area contributed by atoms with Crippen LogP contribution in [-0.2, 0) is 10.0 Å². The Morgan fingerprint density at radius 2 is 2.08 bits per heavy atom. The summed E-state index contributed by atoms with van der Waals surface area (Å²) in [5.74, 6) is 0. The molecule has 0 bridgehead atoms. The SMILES string of the molecule is NS(=O)(=O)C1=NC2CCCCC2S1. The Hall–Kier alpha value is -0.0700. The number of nitrogens with two attached hydrogens (primary N) is 1. The van der Waals surface area contributed by atoms with Gasteiger partial charge in [-0.3, -0.25) is 4.99 Å². The van der Waals surface area contributed by atoms with Gasteiger partial charge in [0.05, 0.1) is 6.04 Å². The second-order valence-electron chi connectivity index (χ2n) is 3.45. The zero-order valence-electron chi connectivity index (χ0n) is 7.14. The molecule has 0 amide bonds. The van der Waals surface area contributed by atoms with Gasteiger partial charge >= 0.3 is 0 Å². The molecule has 0 radical (unpaired) electrons. The predicted octanol–water partition coefficient (Wildman–Crippen LogP) is 0.689. The molecule has 6 heteroatoms. The molecule has 0 aromatic rings. The van der Waals surface area contributed by atoms with Crippen LogP contribution in [0.5, 0.6) is 0 Å². The summed E-state index contributed by atoms with van der Waals surface area (Å²) in [4.78, 5) is 4.15. The molecule has 1 fully saturated rings. The lowest BCUT2D eigenvalue weighted by Crippen LogP contribution is -2.21. The van der Waals surface area contributed by atoms with Gasteiger partial charge in [-0.15, -0.1) is 0 Å². The summed E-state index contributed by atoms with van der Waals surface area (Å²) in [5.41, 5.74) is 0. The maximum Gasteiger partial charge on any atom is 0.261 e. The van der Waals surface area contributed by atoms with Gasteiger partial charge in [0.1, 0.15) is 0 Å². The Bertz CT molecular complexity index is 336. The molecule has 4 nitrogen and oxygen atoms in total. The lowest BCUT2D eigenvalue weighted by molar-refractivity contribution is 0.462. The fourth-order valence-electron chi connectivity index (χ4n) is 1.80. The van der Waals surface area contributed by atoms with Crippen LogP contribution in [0.4, 0.5) is 0 Å². The average molecular weight is 220 g/mol. The highest BCUT2D eigenvalue weighted by atomic mass is 32.3. The number of primary sulfonamides is 1. The van der Waals surface area contributed by atoms with E-state index in [0.29, 0.717) is 5.25 Å². The first-order valence-corrected chi connectivity index (χ1v) is 6.77.